The molecule has 1 amide bonds. The molecule has 1 aromatic heterocycles. The number of aryl methyl sites for hydroxylation is 1. The van der Waals surface area contributed by atoms with Gasteiger partial charge in [0.1, 0.15) is 11.6 Å². The van der Waals surface area contributed by atoms with Gasteiger partial charge < -0.3 is 20.4 Å². The van der Waals surface area contributed by atoms with Crippen molar-refractivity contribution in [2.45, 2.75) is 20.0 Å². The van der Waals surface area contributed by atoms with Crippen LogP contribution in [0, 0.1) is 12.7 Å². The molecule has 0 saturated heterocycles. The molecule has 6 nitrogen and oxygen atoms in total. The number of carbonyl (C=O) groups is 1. The van der Waals surface area contributed by atoms with Gasteiger partial charge in [-0.1, -0.05) is 12.1 Å². The first kappa shape index (κ1) is 20.9. The fraction of sp³-hybridized carbons (Fsp3) is 0.294. The Morgan fingerprint density at radius 2 is 2.00 bits per heavy atom. The summed E-state index contributed by atoms with van der Waals surface area (Å²) < 4.78 is 18.4. The first-order valence-corrected chi connectivity index (χ1v) is 7.57. The third-order valence-corrected chi connectivity index (χ3v) is 3.36. The maximum absolute atomic E-state index is 13.2. The number of hydrogen-bond acceptors (Lipinski definition) is 3. The van der Waals surface area contributed by atoms with Gasteiger partial charge in [-0.3, -0.25) is 9.79 Å². The Balaban J connectivity index is 0.00000312. The van der Waals surface area contributed by atoms with Crippen LogP contribution in [-0.4, -0.2) is 25.5 Å². The molecule has 2 aromatic rings. The summed E-state index contributed by atoms with van der Waals surface area (Å²) >= 11 is 0. The molecule has 0 saturated carbocycles. The molecular formula is C17H22FIN4O2. The van der Waals surface area contributed by atoms with E-state index in [1.807, 2.05) is 0 Å². The van der Waals surface area contributed by atoms with Gasteiger partial charge in [0, 0.05) is 13.6 Å². The molecule has 0 aliphatic heterocycles. The second-order valence-corrected chi connectivity index (χ2v) is 5.22. The molecule has 0 aliphatic rings. The maximum atomic E-state index is 13.2. The first-order chi connectivity index (χ1) is 11.6. The lowest BCUT2D eigenvalue weighted by atomic mass is 10.1. The molecule has 0 aliphatic carbocycles. The van der Waals surface area contributed by atoms with Gasteiger partial charge >= 0.3 is 0 Å². The second-order valence-electron chi connectivity index (χ2n) is 5.22. The van der Waals surface area contributed by atoms with Crippen LogP contribution in [0.2, 0.25) is 0 Å². The average Bonchev–Trinajstić information content (AvgIpc) is 3.09. The monoisotopic (exact) mass is 460 g/mol. The molecular weight excluding hydrogens is 438 g/mol. The number of furan rings is 1. The summed E-state index contributed by atoms with van der Waals surface area (Å²) in [6, 6.07) is 8.47. The topological polar surface area (TPSA) is 78.7 Å². The molecule has 0 atom stereocenters. The Morgan fingerprint density at radius 1 is 1.20 bits per heavy atom. The van der Waals surface area contributed by atoms with E-state index < -0.39 is 0 Å². The highest BCUT2D eigenvalue weighted by molar-refractivity contribution is 14.0. The molecule has 1 heterocycles. The number of benzene rings is 1. The average molecular weight is 460 g/mol. The summed E-state index contributed by atoms with van der Waals surface area (Å²) in [6.07, 6.45) is 1.56. The summed E-state index contributed by atoms with van der Waals surface area (Å²) in [7, 11) is 1.62. The lowest BCUT2D eigenvalue weighted by Gasteiger charge is -2.12. The number of nitrogens with zero attached hydrogens (tertiary/aromatic N) is 1. The van der Waals surface area contributed by atoms with Crippen molar-refractivity contribution in [1.29, 1.82) is 0 Å². The van der Waals surface area contributed by atoms with Crippen LogP contribution in [0.4, 0.5) is 4.39 Å². The Labute approximate surface area is 163 Å². The molecule has 25 heavy (non-hydrogen) atoms. The van der Waals surface area contributed by atoms with E-state index in [1.165, 1.54) is 6.07 Å². The number of guanidine groups is 1. The molecule has 2 rings (SSSR count). The Hall–Kier alpha value is -2.10. The van der Waals surface area contributed by atoms with Gasteiger partial charge in [0.2, 0.25) is 5.91 Å². The third kappa shape index (κ3) is 7.12. The van der Waals surface area contributed by atoms with Crippen molar-refractivity contribution in [3.05, 3.63) is 59.3 Å². The molecule has 0 unspecified atom stereocenters. The minimum Gasteiger partial charge on any atom is -0.467 e. The van der Waals surface area contributed by atoms with Gasteiger partial charge in [-0.15, -0.1) is 24.0 Å². The summed E-state index contributed by atoms with van der Waals surface area (Å²) in [5.74, 6) is 0.782. The van der Waals surface area contributed by atoms with Crippen molar-refractivity contribution in [3.8, 4) is 0 Å². The number of aliphatic imine (C=N–C) groups is 1. The predicted molar refractivity (Wildman–Crippen MR) is 105 cm³/mol. The number of halogens is 2. The molecule has 3 N–H and O–H groups in total. The SMILES string of the molecule is CN=C(NCC(=O)NCc1ccco1)NCc1ccc(F)c(C)c1.I. The van der Waals surface area contributed by atoms with E-state index in [-0.39, 0.29) is 42.2 Å². The van der Waals surface area contributed by atoms with Crippen molar-refractivity contribution in [3.63, 3.8) is 0 Å². The smallest absolute Gasteiger partial charge is 0.239 e. The maximum Gasteiger partial charge on any atom is 0.239 e. The van der Waals surface area contributed by atoms with E-state index in [1.54, 1.807) is 44.5 Å². The van der Waals surface area contributed by atoms with E-state index in [0.29, 0.717) is 30.4 Å². The highest BCUT2D eigenvalue weighted by atomic mass is 127. The summed E-state index contributed by atoms with van der Waals surface area (Å²) in [6.45, 7) is 2.63. The zero-order valence-electron chi connectivity index (χ0n) is 14.1. The van der Waals surface area contributed by atoms with Crippen molar-refractivity contribution in [1.82, 2.24) is 16.0 Å². The van der Waals surface area contributed by atoms with E-state index in [4.69, 9.17) is 4.42 Å². The van der Waals surface area contributed by atoms with Crippen molar-refractivity contribution in [2.24, 2.45) is 4.99 Å². The normalized spacial score (nSPS) is 10.8. The molecule has 0 bridgehead atoms. The number of hydrogen-bond donors (Lipinski definition) is 3. The van der Waals surface area contributed by atoms with Crippen molar-refractivity contribution >= 4 is 35.8 Å². The van der Waals surface area contributed by atoms with Gasteiger partial charge in [-0.25, -0.2) is 4.39 Å². The van der Waals surface area contributed by atoms with Crippen LogP contribution in [0.3, 0.4) is 0 Å². The van der Waals surface area contributed by atoms with Crippen LogP contribution in [0.5, 0.6) is 0 Å². The number of carbonyl (C=O) groups excluding carboxylic acids is 1. The van der Waals surface area contributed by atoms with E-state index >= 15 is 0 Å². The standard InChI is InChI=1S/C17H21FN4O2.HI/c1-12-8-13(5-6-15(12)18)9-21-17(19-2)22-11-16(23)20-10-14-4-3-7-24-14;/h3-8H,9-11H2,1-2H3,(H,20,23)(H2,19,21,22);1H. The van der Waals surface area contributed by atoms with Gasteiger partial charge in [0.15, 0.2) is 5.96 Å². The minimum absolute atomic E-state index is 0. The Bertz CT molecular complexity index is 705. The summed E-state index contributed by atoms with van der Waals surface area (Å²) in [5, 5.41) is 8.73. The molecule has 0 fully saturated rings. The van der Waals surface area contributed by atoms with E-state index in [9.17, 15) is 9.18 Å². The predicted octanol–water partition coefficient (Wildman–Crippen LogP) is 2.33. The van der Waals surface area contributed by atoms with Gasteiger partial charge in [0.05, 0.1) is 19.4 Å². The molecule has 0 spiro atoms. The summed E-state index contributed by atoms with van der Waals surface area (Å²) in [5.41, 5.74) is 1.52. The zero-order chi connectivity index (χ0) is 17.4. The highest BCUT2D eigenvalue weighted by Gasteiger charge is 2.05. The van der Waals surface area contributed by atoms with Crippen LogP contribution < -0.4 is 16.0 Å². The van der Waals surface area contributed by atoms with Crippen LogP contribution in [0.1, 0.15) is 16.9 Å². The Kier molecular flexibility index (Phi) is 8.96. The van der Waals surface area contributed by atoms with Crippen LogP contribution in [-0.2, 0) is 17.9 Å². The fourth-order valence-corrected chi connectivity index (χ4v) is 2.05. The molecule has 0 radical (unpaired) electrons. The van der Waals surface area contributed by atoms with Crippen molar-refractivity contribution in [2.75, 3.05) is 13.6 Å². The molecule has 136 valence electrons. The van der Waals surface area contributed by atoms with Gasteiger partial charge in [-0.05, 0) is 36.2 Å². The molecule has 8 heteroatoms. The van der Waals surface area contributed by atoms with Gasteiger partial charge in [0.25, 0.3) is 0 Å². The van der Waals surface area contributed by atoms with Crippen LogP contribution in [0.15, 0.2) is 46.0 Å². The Morgan fingerprint density at radius 3 is 2.64 bits per heavy atom. The second kappa shape index (κ2) is 10.7. The number of rotatable bonds is 6. The van der Waals surface area contributed by atoms with Crippen molar-refractivity contribution < 1.29 is 13.6 Å². The molecule has 1 aromatic carbocycles. The fourth-order valence-electron chi connectivity index (χ4n) is 2.05. The largest absolute Gasteiger partial charge is 0.467 e. The lowest BCUT2D eigenvalue weighted by molar-refractivity contribution is -0.120. The van der Waals surface area contributed by atoms with E-state index in [0.717, 1.165) is 5.56 Å². The van der Waals surface area contributed by atoms with Gasteiger partial charge in [-0.2, -0.15) is 0 Å². The zero-order valence-corrected chi connectivity index (χ0v) is 16.5. The first-order valence-electron chi connectivity index (χ1n) is 7.57. The van der Waals surface area contributed by atoms with E-state index in [2.05, 4.69) is 20.9 Å². The number of amides is 1. The highest BCUT2D eigenvalue weighted by Crippen LogP contribution is 2.08. The summed E-state index contributed by atoms with van der Waals surface area (Å²) in [4.78, 5) is 15.8. The quantitative estimate of drug-likeness (QED) is 0.352. The number of nitrogens with one attached hydrogen (secondary N) is 3. The minimum atomic E-state index is -0.227. The van der Waals surface area contributed by atoms with Crippen LogP contribution >= 0.6 is 24.0 Å². The lowest BCUT2D eigenvalue weighted by Crippen LogP contribution is -2.42. The van der Waals surface area contributed by atoms with Crippen LogP contribution in [0.25, 0.3) is 0 Å². The third-order valence-electron chi connectivity index (χ3n) is 3.36.